The van der Waals surface area contributed by atoms with E-state index in [0.717, 1.165) is 16.7 Å². The van der Waals surface area contributed by atoms with Gasteiger partial charge in [-0.2, -0.15) is 0 Å². The summed E-state index contributed by atoms with van der Waals surface area (Å²) in [7, 11) is 2.10. The minimum atomic E-state index is 1.04. The highest BCUT2D eigenvalue weighted by molar-refractivity contribution is 6.23. The van der Waals surface area contributed by atoms with Gasteiger partial charge in [0, 0.05) is 51.9 Å². The van der Waals surface area contributed by atoms with E-state index in [9.17, 15) is 0 Å². The third-order valence-corrected chi connectivity index (χ3v) is 5.53. The molecule has 4 aromatic rings. The second kappa shape index (κ2) is 5.12. The summed E-state index contributed by atoms with van der Waals surface area (Å²) in [6.45, 7) is 10.8. The van der Waals surface area contributed by atoms with Crippen LogP contribution in [0.2, 0.25) is 0 Å². The number of benzene rings is 2. The zero-order chi connectivity index (χ0) is 18.0. The molecule has 0 aliphatic heterocycles. The molecule has 5 rings (SSSR count). The third-order valence-electron chi connectivity index (χ3n) is 5.53. The van der Waals surface area contributed by atoms with Crippen LogP contribution >= 0.6 is 0 Å². The zero-order valence-electron chi connectivity index (χ0n) is 15.1. The van der Waals surface area contributed by atoms with Gasteiger partial charge in [0.2, 0.25) is 0 Å². The van der Waals surface area contributed by atoms with Crippen LogP contribution in [0, 0.1) is 6.92 Å². The molecule has 0 radical (unpaired) electrons. The number of nitrogens with zero attached hydrogens (tertiary/aromatic N) is 1. The van der Waals surface area contributed by atoms with E-state index in [4.69, 9.17) is 0 Å². The Bertz CT molecular complexity index is 1270. The molecule has 0 saturated heterocycles. The molecule has 2 aromatic carbocycles. The number of hydrogen-bond acceptors (Lipinski definition) is 0. The fourth-order valence-corrected chi connectivity index (χ4v) is 4.25. The number of hydrogen-bond donors (Lipinski definition) is 1. The van der Waals surface area contributed by atoms with Gasteiger partial charge in [-0.05, 0) is 41.3 Å². The Morgan fingerprint density at radius 2 is 1.50 bits per heavy atom. The number of allylic oxidation sites excluding steroid dienone is 4. The zero-order valence-corrected chi connectivity index (χ0v) is 15.1. The highest BCUT2D eigenvalue weighted by Crippen LogP contribution is 2.53. The van der Waals surface area contributed by atoms with Crippen LogP contribution in [0.4, 0.5) is 0 Å². The van der Waals surface area contributed by atoms with Gasteiger partial charge in [0.15, 0.2) is 0 Å². The lowest BCUT2D eigenvalue weighted by Gasteiger charge is -2.30. The van der Waals surface area contributed by atoms with Crippen molar-refractivity contribution in [3.8, 4) is 0 Å². The number of rotatable bonds is 2. The van der Waals surface area contributed by atoms with Crippen molar-refractivity contribution in [2.24, 2.45) is 7.05 Å². The fraction of sp³-hybridized carbons (Fsp3) is 0.0833. The molecule has 1 aliphatic carbocycles. The molecule has 0 bridgehead atoms. The third kappa shape index (κ3) is 1.81. The van der Waals surface area contributed by atoms with Gasteiger partial charge in [0.05, 0.1) is 0 Å². The van der Waals surface area contributed by atoms with E-state index < -0.39 is 0 Å². The van der Waals surface area contributed by atoms with Crippen LogP contribution in [0.3, 0.4) is 0 Å². The Morgan fingerprint density at radius 3 is 2.31 bits per heavy atom. The maximum Gasteiger partial charge on any atom is 0.0484 e. The van der Waals surface area contributed by atoms with Gasteiger partial charge in [-0.3, -0.25) is 0 Å². The van der Waals surface area contributed by atoms with Crippen LogP contribution in [-0.2, 0) is 7.05 Å². The number of aromatic amines is 1. The summed E-state index contributed by atoms with van der Waals surface area (Å²) < 4.78 is 2.19. The fourth-order valence-electron chi connectivity index (χ4n) is 4.25. The monoisotopic (exact) mass is 336 g/mol. The van der Waals surface area contributed by atoms with Gasteiger partial charge in [0.25, 0.3) is 0 Å². The summed E-state index contributed by atoms with van der Waals surface area (Å²) in [4.78, 5) is 3.52. The normalized spacial score (nSPS) is 14.5. The van der Waals surface area contributed by atoms with Gasteiger partial charge < -0.3 is 9.55 Å². The van der Waals surface area contributed by atoms with Gasteiger partial charge in [-0.25, -0.2) is 0 Å². The van der Waals surface area contributed by atoms with Crippen LogP contribution in [0.1, 0.15) is 16.8 Å². The molecule has 1 N–H and O–H groups in total. The summed E-state index contributed by atoms with van der Waals surface area (Å²) in [6.07, 6.45) is 2.21. The van der Waals surface area contributed by atoms with Crippen molar-refractivity contribution >= 4 is 33.0 Å². The van der Waals surface area contributed by atoms with E-state index in [1.54, 1.807) is 0 Å². The number of para-hydroxylation sites is 2. The molecule has 2 heteroatoms. The summed E-state index contributed by atoms with van der Waals surface area (Å²) in [5, 5.41) is 2.50. The van der Waals surface area contributed by atoms with Gasteiger partial charge in [-0.1, -0.05) is 49.6 Å². The van der Waals surface area contributed by atoms with Crippen LogP contribution in [0.5, 0.6) is 0 Å². The van der Waals surface area contributed by atoms with E-state index in [1.807, 2.05) is 0 Å². The number of aryl methyl sites for hydroxylation is 2. The SMILES string of the molecule is C=C1C(=C)C(c2cn(C)c3ccccc23)=C1c1c(C)[nH]c2ccccc12. The lowest BCUT2D eigenvalue weighted by Crippen LogP contribution is -2.10. The Hall–Kier alpha value is -3.26. The van der Waals surface area contributed by atoms with E-state index in [-0.39, 0.29) is 0 Å². The quantitative estimate of drug-likeness (QED) is 0.463. The maximum absolute atomic E-state index is 4.31. The Morgan fingerprint density at radius 1 is 0.846 bits per heavy atom. The first-order chi connectivity index (χ1) is 12.6. The Labute approximate surface area is 152 Å². The van der Waals surface area contributed by atoms with Crippen molar-refractivity contribution in [2.75, 3.05) is 0 Å². The molecule has 2 nitrogen and oxygen atoms in total. The van der Waals surface area contributed by atoms with Crippen LogP contribution < -0.4 is 0 Å². The molecule has 0 saturated carbocycles. The molecule has 2 heterocycles. The maximum atomic E-state index is 4.31. The second-order valence-electron chi connectivity index (χ2n) is 7.05. The molecule has 126 valence electrons. The van der Waals surface area contributed by atoms with Crippen molar-refractivity contribution in [3.63, 3.8) is 0 Å². The smallest absolute Gasteiger partial charge is 0.0484 e. The van der Waals surface area contributed by atoms with E-state index in [1.165, 1.54) is 44.3 Å². The minimum absolute atomic E-state index is 1.04. The second-order valence-corrected chi connectivity index (χ2v) is 7.05. The summed E-state index contributed by atoms with van der Waals surface area (Å²) >= 11 is 0. The van der Waals surface area contributed by atoms with E-state index in [0.29, 0.717) is 0 Å². The summed E-state index contributed by atoms with van der Waals surface area (Å²) in [5.74, 6) is 0. The molecule has 0 fully saturated rings. The van der Waals surface area contributed by atoms with E-state index in [2.05, 4.69) is 91.4 Å². The lowest BCUT2D eigenvalue weighted by molar-refractivity contribution is 0.967. The van der Waals surface area contributed by atoms with Crippen molar-refractivity contribution in [1.82, 2.24) is 9.55 Å². The molecule has 1 aliphatic rings. The van der Waals surface area contributed by atoms with Crippen molar-refractivity contribution in [1.29, 1.82) is 0 Å². The average molecular weight is 336 g/mol. The predicted molar refractivity (Wildman–Crippen MR) is 111 cm³/mol. The van der Waals surface area contributed by atoms with E-state index >= 15 is 0 Å². The standard InChI is InChI=1S/C24H20N2/c1-14-15(2)23(24-16(3)25-20-11-7-5-10-18(20)24)22(14)19-13-26(4)21-12-8-6-9-17(19)21/h5-13,25H,1-2H2,3-4H3. The topological polar surface area (TPSA) is 20.7 Å². The first-order valence-corrected chi connectivity index (χ1v) is 8.83. The number of H-pyrrole nitrogens is 1. The van der Waals surface area contributed by atoms with Gasteiger partial charge in [-0.15, -0.1) is 0 Å². The number of nitrogens with one attached hydrogen (secondary N) is 1. The Balaban J connectivity index is 1.87. The van der Waals surface area contributed by atoms with Gasteiger partial charge in [0.1, 0.15) is 0 Å². The molecule has 0 spiro atoms. The molecule has 0 unspecified atom stereocenters. The molecule has 2 aromatic heterocycles. The molecule has 26 heavy (non-hydrogen) atoms. The number of aromatic nitrogens is 2. The van der Waals surface area contributed by atoms with Crippen LogP contribution in [0.25, 0.3) is 33.0 Å². The van der Waals surface area contributed by atoms with Crippen LogP contribution in [-0.4, -0.2) is 9.55 Å². The molecular formula is C24H20N2. The predicted octanol–water partition coefficient (Wildman–Crippen LogP) is 6.00. The first kappa shape index (κ1) is 15.0. The Kier molecular flexibility index (Phi) is 2.96. The highest BCUT2D eigenvalue weighted by Gasteiger charge is 2.32. The number of fused-ring (bicyclic) bond motifs is 2. The van der Waals surface area contributed by atoms with Crippen molar-refractivity contribution in [2.45, 2.75) is 6.92 Å². The largest absolute Gasteiger partial charge is 0.358 e. The van der Waals surface area contributed by atoms with Crippen molar-refractivity contribution in [3.05, 3.63) is 95.9 Å². The average Bonchev–Trinajstić information content (AvgIpc) is 3.15. The molecule has 0 amide bonds. The summed E-state index contributed by atoms with van der Waals surface area (Å²) in [6, 6.07) is 17.0. The highest BCUT2D eigenvalue weighted by atomic mass is 14.9. The van der Waals surface area contributed by atoms with Crippen LogP contribution in [0.15, 0.2) is 79.0 Å². The first-order valence-electron chi connectivity index (χ1n) is 8.83. The molecule has 0 atom stereocenters. The minimum Gasteiger partial charge on any atom is -0.358 e. The molecular weight excluding hydrogens is 316 g/mol. The van der Waals surface area contributed by atoms with Crippen molar-refractivity contribution < 1.29 is 0 Å². The lowest BCUT2D eigenvalue weighted by atomic mass is 9.72. The van der Waals surface area contributed by atoms with Gasteiger partial charge >= 0.3 is 0 Å². The summed E-state index contributed by atoms with van der Waals surface area (Å²) in [5.41, 5.74) is 10.6.